The zero-order valence-electron chi connectivity index (χ0n) is 7.63. The molecule has 0 nitrogen and oxygen atoms in total. The van der Waals surface area contributed by atoms with Gasteiger partial charge in [-0.2, -0.15) is 0 Å². The third-order valence-electron chi connectivity index (χ3n) is 1.92. The Hall–Kier alpha value is -0.780. The van der Waals surface area contributed by atoms with Crippen molar-refractivity contribution in [3.8, 4) is 0 Å². The maximum absolute atomic E-state index is 3.30. The van der Waals surface area contributed by atoms with Gasteiger partial charge >= 0.3 is 0 Å². The maximum atomic E-state index is 3.30. The first-order chi connectivity index (χ1) is 6.00. The number of rotatable bonds is 0. The predicted octanol–water partition coefficient (Wildman–Crippen LogP) is 3.81. The van der Waals surface area contributed by atoms with Crippen molar-refractivity contribution in [1.82, 2.24) is 0 Å². The molecule has 0 aromatic rings. The van der Waals surface area contributed by atoms with Gasteiger partial charge in [0.15, 0.2) is 0 Å². The SMILES string of the molecule is [C]1=CCCCC=CCC=CCC1. The Morgan fingerprint density at radius 2 is 1.67 bits per heavy atom. The van der Waals surface area contributed by atoms with Crippen LogP contribution in [0.4, 0.5) is 0 Å². The van der Waals surface area contributed by atoms with Crippen LogP contribution in [-0.2, 0) is 0 Å². The van der Waals surface area contributed by atoms with Crippen LogP contribution in [-0.4, -0.2) is 0 Å². The molecule has 1 rings (SSSR count). The summed E-state index contributed by atoms with van der Waals surface area (Å²) in [6, 6.07) is 0. The van der Waals surface area contributed by atoms with Gasteiger partial charge in [0.2, 0.25) is 0 Å². The van der Waals surface area contributed by atoms with Gasteiger partial charge in [-0.15, -0.1) is 0 Å². The summed E-state index contributed by atoms with van der Waals surface area (Å²) in [4.78, 5) is 0. The van der Waals surface area contributed by atoms with Crippen molar-refractivity contribution in [2.75, 3.05) is 0 Å². The first-order valence-electron chi connectivity index (χ1n) is 4.85. The molecule has 1 aliphatic carbocycles. The van der Waals surface area contributed by atoms with Crippen LogP contribution in [0.15, 0.2) is 30.4 Å². The van der Waals surface area contributed by atoms with Gasteiger partial charge in [-0.05, 0) is 44.6 Å². The molecule has 0 aromatic heterocycles. The van der Waals surface area contributed by atoms with Crippen LogP contribution >= 0.6 is 0 Å². The highest BCUT2D eigenvalue weighted by molar-refractivity contribution is 4.94. The van der Waals surface area contributed by atoms with Crippen molar-refractivity contribution in [1.29, 1.82) is 0 Å². The summed E-state index contributed by atoms with van der Waals surface area (Å²) < 4.78 is 0. The summed E-state index contributed by atoms with van der Waals surface area (Å²) in [5.74, 6) is 0. The van der Waals surface area contributed by atoms with E-state index in [2.05, 4.69) is 36.5 Å². The minimum Gasteiger partial charge on any atom is -0.0882 e. The fourth-order valence-corrected chi connectivity index (χ4v) is 1.22. The normalized spacial score (nSPS) is 20.0. The Morgan fingerprint density at radius 3 is 2.58 bits per heavy atom. The molecule has 0 bridgehead atoms. The highest BCUT2D eigenvalue weighted by Gasteiger charge is 1.83. The third kappa shape index (κ3) is 4.95. The average Bonchev–Trinajstić information content (AvgIpc) is 2.05. The first-order valence-corrected chi connectivity index (χ1v) is 4.85. The van der Waals surface area contributed by atoms with E-state index in [0.29, 0.717) is 0 Å². The van der Waals surface area contributed by atoms with Crippen molar-refractivity contribution in [3.63, 3.8) is 0 Å². The Kier molecular flexibility index (Phi) is 5.35. The van der Waals surface area contributed by atoms with E-state index in [1.54, 1.807) is 0 Å². The molecule has 0 aliphatic heterocycles. The van der Waals surface area contributed by atoms with Crippen LogP contribution in [0.1, 0.15) is 38.5 Å². The van der Waals surface area contributed by atoms with E-state index in [1.165, 1.54) is 19.3 Å². The predicted molar refractivity (Wildman–Crippen MR) is 53.8 cm³/mol. The molecule has 0 saturated carbocycles. The Morgan fingerprint density at radius 1 is 0.833 bits per heavy atom. The fraction of sp³-hybridized carbons (Fsp3) is 0.500. The van der Waals surface area contributed by atoms with Crippen molar-refractivity contribution < 1.29 is 0 Å². The van der Waals surface area contributed by atoms with Gasteiger partial charge < -0.3 is 0 Å². The molecule has 0 saturated heterocycles. The minimum absolute atomic E-state index is 1.08. The molecule has 0 aromatic carbocycles. The van der Waals surface area contributed by atoms with Gasteiger partial charge in [0, 0.05) is 0 Å². The van der Waals surface area contributed by atoms with Crippen LogP contribution in [0, 0.1) is 6.08 Å². The molecule has 0 fully saturated rings. The van der Waals surface area contributed by atoms with Crippen LogP contribution in [0.25, 0.3) is 0 Å². The van der Waals surface area contributed by atoms with Crippen molar-refractivity contribution in [3.05, 3.63) is 36.5 Å². The van der Waals surface area contributed by atoms with Crippen molar-refractivity contribution in [2.24, 2.45) is 0 Å². The molecule has 0 N–H and O–H groups in total. The van der Waals surface area contributed by atoms with Gasteiger partial charge in [0.25, 0.3) is 0 Å². The molecule has 12 heavy (non-hydrogen) atoms. The molecule has 0 atom stereocenters. The lowest BCUT2D eigenvalue weighted by molar-refractivity contribution is 0.855. The lowest BCUT2D eigenvalue weighted by Gasteiger charge is -1.92. The summed E-state index contributed by atoms with van der Waals surface area (Å²) in [5, 5.41) is 0. The fourth-order valence-electron chi connectivity index (χ4n) is 1.22. The Labute approximate surface area is 75.7 Å². The Balaban J connectivity index is 2.30. The van der Waals surface area contributed by atoms with Gasteiger partial charge in [-0.3, -0.25) is 0 Å². The number of hydrogen-bond donors (Lipinski definition) is 0. The molecule has 0 spiro atoms. The number of hydrogen-bond acceptors (Lipinski definition) is 0. The summed E-state index contributed by atoms with van der Waals surface area (Å²) in [6.07, 6.45) is 21.5. The Bertz CT molecular complexity index is 172. The standard InChI is InChI=1S/C12H17/c1-2-4-6-8-10-12-11-9-7-5-3-1/h1-2,5,7,10H,3-4,6,8-9,11H2. The lowest BCUT2D eigenvalue weighted by atomic mass is 10.1. The second kappa shape index (κ2) is 6.90. The molecule has 0 unspecified atom stereocenters. The molecular weight excluding hydrogens is 144 g/mol. The second-order valence-electron chi connectivity index (χ2n) is 3.06. The zero-order valence-corrected chi connectivity index (χ0v) is 7.63. The van der Waals surface area contributed by atoms with E-state index in [9.17, 15) is 0 Å². The topological polar surface area (TPSA) is 0 Å². The van der Waals surface area contributed by atoms with Gasteiger partial charge in [-0.25, -0.2) is 0 Å². The maximum Gasteiger partial charge on any atom is -0.0169 e. The summed E-state index contributed by atoms with van der Waals surface area (Å²) in [7, 11) is 0. The van der Waals surface area contributed by atoms with E-state index in [0.717, 1.165) is 19.3 Å². The van der Waals surface area contributed by atoms with Gasteiger partial charge in [0.05, 0.1) is 0 Å². The van der Waals surface area contributed by atoms with E-state index in [-0.39, 0.29) is 0 Å². The molecule has 0 amide bonds. The highest BCUT2D eigenvalue weighted by Crippen LogP contribution is 2.02. The summed E-state index contributed by atoms with van der Waals surface area (Å²) >= 11 is 0. The van der Waals surface area contributed by atoms with Crippen LogP contribution in [0.3, 0.4) is 0 Å². The largest absolute Gasteiger partial charge is 0.0882 e. The first kappa shape index (κ1) is 9.31. The zero-order chi connectivity index (χ0) is 8.49. The molecule has 1 radical (unpaired) electrons. The quantitative estimate of drug-likeness (QED) is 0.474. The molecule has 0 heterocycles. The van der Waals surface area contributed by atoms with Crippen LogP contribution in [0.5, 0.6) is 0 Å². The minimum atomic E-state index is 1.08. The molecule has 65 valence electrons. The smallest absolute Gasteiger partial charge is 0.0169 e. The van der Waals surface area contributed by atoms with Crippen LogP contribution in [0.2, 0.25) is 0 Å². The number of allylic oxidation sites excluding steroid dienone is 6. The second-order valence-corrected chi connectivity index (χ2v) is 3.06. The molecular formula is C12H17. The van der Waals surface area contributed by atoms with E-state index >= 15 is 0 Å². The van der Waals surface area contributed by atoms with Crippen molar-refractivity contribution in [2.45, 2.75) is 38.5 Å². The molecule has 1 aliphatic rings. The van der Waals surface area contributed by atoms with E-state index in [4.69, 9.17) is 0 Å². The van der Waals surface area contributed by atoms with E-state index < -0.39 is 0 Å². The monoisotopic (exact) mass is 161 g/mol. The van der Waals surface area contributed by atoms with E-state index in [1.807, 2.05) is 0 Å². The lowest BCUT2D eigenvalue weighted by Crippen LogP contribution is -1.73. The van der Waals surface area contributed by atoms with Gasteiger partial charge in [0.1, 0.15) is 0 Å². The summed E-state index contributed by atoms with van der Waals surface area (Å²) in [5.41, 5.74) is 0. The van der Waals surface area contributed by atoms with Crippen molar-refractivity contribution >= 4 is 0 Å². The third-order valence-corrected chi connectivity index (χ3v) is 1.92. The van der Waals surface area contributed by atoms with Crippen LogP contribution < -0.4 is 0 Å². The highest BCUT2D eigenvalue weighted by atomic mass is 13.9. The van der Waals surface area contributed by atoms with Gasteiger partial charge in [-0.1, -0.05) is 30.4 Å². The summed E-state index contributed by atoms with van der Waals surface area (Å²) in [6.45, 7) is 0. The average molecular weight is 161 g/mol. The molecule has 0 heteroatoms.